The molecule has 0 aliphatic carbocycles. The Morgan fingerprint density at radius 3 is 2.76 bits per heavy atom. The van der Waals surface area contributed by atoms with Crippen LogP contribution in [-0.2, 0) is 6.54 Å². The average Bonchev–Trinajstić information content (AvgIpc) is 3.12. The zero-order valence-electron chi connectivity index (χ0n) is 11.5. The van der Waals surface area contributed by atoms with Gasteiger partial charge in [-0.3, -0.25) is 9.48 Å². The standard InChI is InChI=1S/C15H14N4OS/c1-11-14(21-10-16-11)15(20)18-13-5-3-12(4-6-13)9-19-8-2-7-17-19/h2-8,10H,9H2,1H3,(H,18,20). The lowest BCUT2D eigenvalue weighted by atomic mass is 10.2. The van der Waals surface area contributed by atoms with Crippen LogP contribution in [0.5, 0.6) is 0 Å². The van der Waals surface area contributed by atoms with E-state index in [2.05, 4.69) is 15.4 Å². The molecule has 0 fully saturated rings. The highest BCUT2D eigenvalue weighted by Gasteiger charge is 2.11. The van der Waals surface area contributed by atoms with Crippen LogP contribution in [-0.4, -0.2) is 20.7 Å². The number of nitrogens with zero attached hydrogens (tertiary/aromatic N) is 3. The van der Waals surface area contributed by atoms with Gasteiger partial charge in [-0.15, -0.1) is 11.3 Å². The van der Waals surface area contributed by atoms with Gasteiger partial charge in [0.15, 0.2) is 0 Å². The highest BCUT2D eigenvalue weighted by Crippen LogP contribution is 2.16. The van der Waals surface area contributed by atoms with Crippen LogP contribution in [0.25, 0.3) is 0 Å². The van der Waals surface area contributed by atoms with Crippen molar-refractivity contribution in [1.29, 1.82) is 0 Å². The fourth-order valence-electron chi connectivity index (χ4n) is 1.98. The van der Waals surface area contributed by atoms with Gasteiger partial charge in [-0.2, -0.15) is 5.10 Å². The van der Waals surface area contributed by atoms with E-state index in [4.69, 9.17) is 0 Å². The Hall–Kier alpha value is -2.47. The summed E-state index contributed by atoms with van der Waals surface area (Å²) in [6.07, 6.45) is 3.67. The van der Waals surface area contributed by atoms with E-state index in [0.29, 0.717) is 4.88 Å². The second kappa shape index (κ2) is 5.88. The minimum Gasteiger partial charge on any atom is -0.321 e. The number of amides is 1. The van der Waals surface area contributed by atoms with Gasteiger partial charge in [-0.1, -0.05) is 12.1 Å². The minimum absolute atomic E-state index is 0.116. The van der Waals surface area contributed by atoms with E-state index >= 15 is 0 Å². The quantitative estimate of drug-likeness (QED) is 0.805. The molecule has 0 spiro atoms. The summed E-state index contributed by atoms with van der Waals surface area (Å²) in [5.74, 6) is -0.116. The number of aryl methyl sites for hydroxylation is 1. The molecule has 2 heterocycles. The maximum absolute atomic E-state index is 12.1. The molecule has 1 aromatic carbocycles. The van der Waals surface area contributed by atoms with Crippen molar-refractivity contribution in [3.8, 4) is 0 Å². The van der Waals surface area contributed by atoms with Crippen molar-refractivity contribution in [3.05, 3.63) is 64.4 Å². The molecule has 1 N–H and O–H groups in total. The molecule has 5 nitrogen and oxygen atoms in total. The molecule has 3 aromatic rings. The van der Waals surface area contributed by atoms with E-state index in [9.17, 15) is 4.79 Å². The van der Waals surface area contributed by atoms with Gasteiger partial charge in [0.25, 0.3) is 5.91 Å². The second-order valence-electron chi connectivity index (χ2n) is 4.62. The van der Waals surface area contributed by atoms with Crippen LogP contribution in [0.3, 0.4) is 0 Å². The van der Waals surface area contributed by atoms with Gasteiger partial charge in [0.05, 0.1) is 17.7 Å². The van der Waals surface area contributed by atoms with Gasteiger partial charge in [0, 0.05) is 18.1 Å². The molecular formula is C15H14N4OS. The number of hydrogen-bond donors (Lipinski definition) is 1. The first-order chi connectivity index (χ1) is 10.2. The first kappa shape index (κ1) is 13.5. The van der Waals surface area contributed by atoms with Crippen LogP contribution in [0.1, 0.15) is 20.9 Å². The molecule has 0 aliphatic heterocycles. The van der Waals surface area contributed by atoms with E-state index < -0.39 is 0 Å². The molecule has 6 heteroatoms. The summed E-state index contributed by atoms with van der Waals surface area (Å²) in [5, 5.41) is 7.05. The first-order valence-corrected chi connectivity index (χ1v) is 7.38. The number of benzene rings is 1. The van der Waals surface area contributed by atoms with Crippen molar-refractivity contribution in [2.45, 2.75) is 13.5 Å². The van der Waals surface area contributed by atoms with Crippen molar-refractivity contribution in [1.82, 2.24) is 14.8 Å². The normalized spacial score (nSPS) is 10.5. The number of nitrogens with one attached hydrogen (secondary N) is 1. The molecule has 0 aliphatic rings. The Labute approximate surface area is 126 Å². The van der Waals surface area contributed by atoms with Crippen LogP contribution >= 0.6 is 11.3 Å². The Morgan fingerprint density at radius 2 is 2.14 bits per heavy atom. The molecule has 0 saturated heterocycles. The molecule has 2 aromatic heterocycles. The molecule has 106 valence electrons. The number of anilines is 1. The van der Waals surface area contributed by atoms with Crippen molar-refractivity contribution in [2.75, 3.05) is 5.32 Å². The molecule has 0 unspecified atom stereocenters. The number of carbonyl (C=O) groups excluding carboxylic acids is 1. The summed E-state index contributed by atoms with van der Waals surface area (Å²) >= 11 is 1.35. The zero-order valence-corrected chi connectivity index (χ0v) is 12.3. The molecule has 1 amide bonds. The van der Waals surface area contributed by atoms with Gasteiger partial charge >= 0.3 is 0 Å². The summed E-state index contributed by atoms with van der Waals surface area (Å²) < 4.78 is 1.86. The topological polar surface area (TPSA) is 59.8 Å². The Bertz CT molecular complexity index is 731. The van der Waals surface area contributed by atoms with Crippen LogP contribution in [0.2, 0.25) is 0 Å². The summed E-state index contributed by atoms with van der Waals surface area (Å²) in [4.78, 5) is 16.8. The predicted octanol–water partition coefficient (Wildman–Crippen LogP) is 2.95. The van der Waals surface area contributed by atoms with E-state index in [1.807, 2.05) is 48.1 Å². The monoisotopic (exact) mass is 298 g/mol. The van der Waals surface area contributed by atoms with Gasteiger partial charge in [-0.25, -0.2) is 4.98 Å². The largest absolute Gasteiger partial charge is 0.321 e. The van der Waals surface area contributed by atoms with Crippen LogP contribution in [0.4, 0.5) is 5.69 Å². The van der Waals surface area contributed by atoms with Crippen molar-refractivity contribution < 1.29 is 4.79 Å². The first-order valence-electron chi connectivity index (χ1n) is 6.50. The second-order valence-corrected chi connectivity index (χ2v) is 5.48. The lowest BCUT2D eigenvalue weighted by molar-refractivity contribution is 0.103. The third-order valence-electron chi connectivity index (χ3n) is 3.07. The Kier molecular flexibility index (Phi) is 3.79. The number of rotatable bonds is 4. The van der Waals surface area contributed by atoms with Crippen molar-refractivity contribution in [3.63, 3.8) is 0 Å². The van der Waals surface area contributed by atoms with Crippen LogP contribution in [0.15, 0.2) is 48.2 Å². The predicted molar refractivity (Wildman–Crippen MR) is 82.6 cm³/mol. The molecule has 21 heavy (non-hydrogen) atoms. The average molecular weight is 298 g/mol. The van der Waals surface area contributed by atoms with Gasteiger partial charge in [0.1, 0.15) is 4.88 Å². The fourth-order valence-corrected chi connectivity index (χ4v) is 2.68. The van der Waals surface area contributed by atoms with E-state index in [0.717, 1.165) is 23.5 Å². The van der Waals surface area contributed by atoms with Crippen molar-refractivity contribution >= 4 is 22.9 Å². The zero-order chi connectivity index (χ0) is 14.7. The molecule has 0 atom stereocenters. The summed E-state index contributed by atoms with van der Waals surface area (Å²) in [6, 6.07) is 9.65. The lowest BCUT2D eigenvalue weighted by Gasteiger charge is -2.06. The number of thiazole rings is 1. The van der Waals surface area contributed by atoms with E-state index in [1.54, 1.807) is 11.7 Å². The smallest absolute Gasteiger partial charge is 0.267 e. The summed E-state index contributed by atoms with van der Waals surface area (Å²) in [7, 11) is 0. The Morgan fingerprint density at radius 1 is 1.33 bits per heavy atom. The third-order valence-corrected chi connectivity index (χ3v) is 3.99. The molecule has 0 saturated carbocycles. The third kappa shape index (κ3) is 3.17. The number of carbonyl (C=O) groups is 1. The highest BCUT2D eigenvalue weighted by atomic mass is 32.1. The maximum atomic E-state index is 12.1. The highest BCUT2D eigenvalue weighted by molar-refractivity contribution is 7.12. The van der Waals surface area contributed by atoms with Crippen LogP contribution < -0.4 is 5.32 Å². The van der Waals surface area contributed by atoms with E-state index in [-0.39, 0.29) is 5.91 Å². The van der Waals surface area contributed by atoms with Gasteiger partial charge in [-0.05, 0) is 30.7 Å². The molecule has 3 rings (SSSR count). The fraction of sp³-hybridized carbons (Fsp3) is 0.133. The Balaban J connectivity index is 1.67. The maximum Gasteiger partial charge on any atom is 0.267 e. The van der Waals surface area contributed by atoms with Gasteiger partial charge in [0.2, 0.25) is 0 Å². The molecule has 0 bridgehead atoms. The summed E-state index contributed by atoms with van der Waals surface area (Å²) in [5.41, 5.74) is 4.34. The number of aromatic nitrogens is 3. The summed E-state index contributed by atoms with van der Waals surface area (Å²) in [6.45, 7) is 2.55. The molecular weight excluding hydrogens is 284 g/mol. The van der Waals surface area contributed by atoms with E-state index in [1.165, 1.54) is 11.3 Å². The van der Waals surface area contributed by atoms with Gasteiger partial charge < -0.3 is 5.32 Å². The lowest BCUT2D eigenvalue weighted by Crippen LogP contribution is -2.11. The van der Waals surface area contributed by atoms with Crippen molar-refractivity contribution in [2.24, 2.45) is 0 Å². The number of hydrogen-bond acceptors (Lipinski definition) is 4. The SMILES string of the molecule is Cc1ncsc1C(=O)Nc1ccc(Cn2cccn2)cc1. The van der Waals surface area contributed by atoms with Crippen LogP contribution in [0, 0.1) is 6.92 Å². The molecule has 0 radical (unpaired) electrons. The minimum atomic E-state index is -0.116.